The van der Waals surface area contributed by atoms with Crippen molar-refractivity contribution in [2.45, 2.75) is 77.9 Å². The Labute approximate surface area is 200 Å². The van der Waals surface area contributed by atoms with E-state index in [-0.39, 0.29) is 11.9 Å². The van der Waals surface area contributed by atoms with E-state index in [1.165, 1.54) is 0 Å². The summed E-state index contributed by atoms with van der Waals surface area (Å²) >= 11 is 0. The van der Waals surface area contributed by atoms with Crippen LogP contribution in [-0.2, 0) is 11.2 Å². The molecule has 2 saturated heterocycles. The summed E-state index contributed by atoms with van der Waals surface area (Å²) in [7, 11) is 0. The molecule has 0 radical (unpaired) electrons. The molecule has 7 nitrogen and oxygen atoms in total. The Kier molecular flexibility index (Phi) is 6.53. The molecule has 0 unspecified atom stereocenters. The average molecular weight is 468 g/mol. The molecule has 0 spiro atoms. The zero-order valence-corrected chi connectivity index (χ0v) is 20.5. The van der Waals surface area contributed by atoms with Crippen molar-refractivity contribution in [1.29, 1.82) is 0 Å². The molecular weight excluding hydrogens is 433 g/mol. The summed E-state index contributed by atoms with van der Waals surface area (Å²) in [5.41, 5.74) is 3.08. The second-order valence-corrected chi connectivity index (χ2v) is 9.73. The zero-order chi connectivity index (χ0) is 23.8. The highest BCUT2D eigenvalue weighted by Gasteiger charge is 2.32. The smallest absolute Gasteiger partial charge is 0.261 e. The molecule has 34 heavy (non-hydrogen) atoms. The number of nitrogens with one attached hydrogen (secondary N) is 1. The molecule has 0 bridgehead atoms. The lowest BCUT2D eigenvalue weighted by Gasteiger charge is -2.41. The topological polar surface area (TPSA) is 76.3 Å². The minimum absolute atomic E-state index is 0.233. The van der Waals surface area contributed by atoms with E-state index in [2.05, 4.69) is 27.3 Å². The van der Waals surface area contributed by atoms with Gasteiger partial charge in [0.15, 0.2) is 5.82 Å². The fourth-order valence-electron chi connectivity index (χ4n) is 5.42. The molecule has 0 aliphatic carbocycles. The van der Waals surface area contributed by atoms with Crippen molar-refractivity contribution in [3.05, 3.63) is 34.9 Å². The quantitative estimate of drug-likeness (QED) is 0.581. The average Bonchev–Trinajstić information content (AvgIpc) is 3.26. The molecule has 1 aromatic carbocycles. The Hall–Kier alpha value is -2.58. The molecule has 8 heteroatoms. The van der Waals surface area contributed by atoms with Gasteiger partial charge in [-0.15, -0.1) is 0 Å². The van der Waals surface area contributed by atoms with E-state index >= 15 is 4.39 Å². The van der Waals surface area contributed by atoms with Crippen LogP contribution in [-0.4, -0.2) is 53.0 Å². The molecule has 4 heterocycles. The summed E-state index contributed by atoms with van der Waals surface area (Å²) in [4.78, 5) is 11.7. The number of pyridine rings is 1. The van der Waals surface area contributed by atoms with Gasteiger partial charge in [0.25, 0.3) is 5.89 Å². The van der Waals surface area contributed by atoms with Gasteiger partial charge in [-0.2, -0.15) is 4.98 Å². The molecule has 0 amide bonds. The van der Waals surface area contributed by atoms with Gasteiger partial charge in [-0.05, 0) is 76.1 Å². The fraction of sp³-hybridized carbons (Fsp3) is 0.577. The minimum Gasteiger partial charge on any atom is -0.381 e. The summed E-state index contributed by atoms with van der Waals surface area (Å²) < 4.78 is 26.3. The zero-order valence-electron chi connectivity index (χ0n) is 20.5. The molecule has 2 aliphatic rings. The number of fused-ring (bicyclic) bond motifs is 1. The maximum absolute atomic E-state index is 15.2. The van der Waals surface area contributed by atoms with Crippen LogP contribution < -0.4 is 10.2 Å². The normalized spacial score (nSPS) is 22.0. The van der Waals surface area contributed by atoms with Crippen LogP contribution in [0.15, 0.2) is 16.7 Å². The highest BCUT2D eigenvalue weighted by molar-refractivity contribution is 5.93. The Morgan fingerprint density at radius 1 is 1.12 bits per heavy atom. The molecule has 2 aromatic heterocycles. The van der Waals surface area contributed by atoms with Gasteiger partial charge in [0.1, 0.15) is 17.2 Å². The first kappa shape index (κ1) is 23.2. The Morgan fingerprint density at radius 2 is 1.91 bits per heavy atom. The van der Waals surface area contributed by atoms with E-state index in [4.69, 9.17) is 14.2 Å². The lowest BCUT2D eigenvalue weighted by Crippen LogP contribution is -2.51. The highest BCUT2D eigenvalue weighted by Crippen LogP contribution is 2.39. The maximum Gasteiger partial charge on any atom is 0.261 e. The minimum atomic E-state index is -0.282. The van der Waals surface area contributed by atoms with Crippen LogP contribution in [0.25, 0.3) is 22.4 Å². The fourth-order valence-corrected chi connectivity index (χ4v) is 5.42. The second-order valence-electron chi connectivity index (χ2n) is 9.73. The lowest BCUT2D eigenvalue weighted by molar-refractivity contribution is 0.0733. The molecule has 3 aromatic rings. The monoisotopic (exact) mass is 467 g/mol. The number of aryl methyl sites for hydroxylation is 3. The first-order valence-electron chi connectivity index (χ1n) is 12.5. The summed E-state index contributed by atoms with van der Waals surface area (Å²) in [6.45, 7) is 10.6. The van der Waals surface area contributed by atoms with Gasteiger partial charge >= 0.3 is 0 Å². The number of nitrogens with zero attached hydrogens (tertiary/aromatic N) is 4. The lowest BCUT2D eigenvalue weighted by atomic mass is 9.94. The van der Waals surface area contributed by atoms with Crippen molar-refractivity contribution < 1.29 is 13.7 Å². The number of hydrogen-bond acceptors (Lipinski definition) is 7. The van der Waals surface area contributed by atoms with E-state index in [9.17, 15) is 0 Å². The van der Waals surface area contributed by atoms with Crippen LogP contribution in [0, 0.1) is 19.7 Å². The molecule has 2 aliphatic heterocycles. The van der Waals surface area contributed by atoms with E-state index in [0.29, 0.717) is 29.3 Å². The predicted octanol–water partition coefficient (Wildman–Crippen LogP) is 4.73. The Bertz CT molecular complexity index is 1170. The standard InChI is InChI=1S/C26H34FN5O2/c1-5-18-13-21-16(3)23(26-28-17(4)31-34-26)25(30-24(21)22(27)14-18)32-9-6-20(12-15(32)2)29-19-7-10-33-11-8-19/h13-15,19-20,29H,5-12H2,1-4H3/t15-,20+/m1/s1. The van der Waals surface area contributed by atoms with Crippen molar-refractivity contribution in [3.63, 3.8) is 0 Å². The van der Waals surface area contributed by atoms with Crippen molar-refractivity contribution in [2.75, 3.05) is 24.7 Å². The van der Waals surface area contributed by atoms with Crippen molar-refractivity contribution in [3.8, 4) is 11.5 Å². The van der Waals surface area contributed by atoms with E-state index in [1.807, 2.05) is 19.9 Å². The summed E-state index contributed by atoms with van der Waals surface area (Å²) in [6.07, 6.45) is 4.89. The highest BCUT2D eigenvalue weighted by atomic mass is 19.1. The predicted molar refractivity (Wildman–Crippen MR) is 131 cm³/mol. The van der Waals surface area contributed by atoms with E-state index in [1.54, 1.807) is 13.0 Å². The van der Waals surface area contributed by atoms with Crippen LogP contribution in [0.4, 0.5) is 10.2 Å². The number of anilines is 1. The van der Waals surface area contributed by atoms with E-state index in [0.717, 1.165) is 79.8 Å². The number of benzene rings is 1. The number of rotatable bonds is 5. The molecule has 0 saturated carbocycles. The van der Waals surface area contributed by atoms with Gasteiger partial charge in [0, 0.05) is 43.3 Å². The van der Waals surface area contributed by atoms with Crippen LogP contribution in [0.5, 0.6) is 0 Å². The SMILES string of the molecule is CCc1cc(F)c2nc(N3CC[C@H](NC4CCOCC4)C[C@H]3C)c(-c3nc(C)no3)c(C)c2c1. The molecule has 2 atom stereocenters. The van der Waals surface area contributed by atoms with Gasteiger partial charge in [0.2, 0.25) is 0 Å². The molecule has 182 valence electrons. The van der Waals surface area contributed by atoms with Crippen LogP contribution >= 0.6 is 0 Å². The molecule has 1 N–H and O–H groups in total. The van der Waals surface area contributed by atoms with Gasteiger partial charge in [0.05, 0.1) is 5.56 Å². The van der Waals surface area contributed by atoms with Gasteiger partial charge in [-0.1, -0.05) is 12.1 Å². The maximum atomic E-state index is 15.2. The number of ether oxygens (including phenoxy) is 1. The van der Waals surface area contributed by atoms with Crippen LogP contribution in [0.2, 0.25) is 0 Å². The van der Waals surface area contributed by atoms with Gasteiger partial charge < -0.3 is 19.5 Å². The van der Waals surface area contributed by atoms with Crippen LogP contribution in [0.1, 0.15) is 56.5 Å². The Morgan fingerprint density at radius 3 is 2.59 bits per heavy atom. The number of hydrogen-bond donors (Lipinski definition) is 1. The van der Waals surface area contributed by atoms with Crippen molar-refractivity contribution >= 4 is 16.7 Å². The first-order chi connectivity index (χ1) is 16.4. The van der Waals surface area contributed by atoms with E-state index < -0.39 is 0 Å². The first-order valence-corrected chi connectivity index (χ1v) is 12.5. The van der Waals surface area contributed by atoms with Gasteiger partial charge in [-0.3, -0.25) is 0 Å². The van der Waals surface area contributed by atoms with Gasteiger partial charge in [-0.25, -0.2) is 9.37 Å². The second kappa shape index (κ2) is 9.58. The third-order valence-corrected chi connectivity index (χ3v) is 7.33. The number of halogens is 1. The Balaban J connectivity index is 1.52. The molecular formula is C26H34FN5O2. The van der Waals surface area contributed by atoms with Crippen molar-refractivity contribution in [2.24, 2.45) is 0 Å². The largest absolute Gasteiger partial charge is 0.381 e. The van der Waals surface area contributed by atoms with Crippen LogP contribution in [0.3, 0.4) is 0 Å². The summed E-state index contributed by atoms with van der Waals surface area (Å²) in [6, 6.07) is 4.84. The van der Waals surface area contributed by atoms with Crippen molar-refractivity contribution in [1.82, 2.24) is 20.4 Å². The molecule has 2 fully saturated rings. The number of piperidine rings is 1. The summed E-state index contributed by atoms with van der Waals surface area (Å²) in [5, 5.41) is 8.67. The third kappa shape index (κ3) is 4.41. The molecule has 5 rings (SSSR count). The summed E-state index contributed by atoms with van der Waals surface area (Å²) in [5.74, 6) is 1.46. The third-order valence-electron chi connectivity index (χ3n) is 7.33. The number of aromatic nitrogens is 3.